The highest BCUT2D eigenvalue weighted by atomic mass is 32.2. The van der Waals surface area contributed by atoms with Crippen LogP contribution in [0, 0.1) is 0 Å². The summed E-state index contributed by atoms with van der Waals surface area (Å²) in [5.74, 6) is 1.30. The Bertz CT molecular complexity index is 822. The van der Waals surface area contributed by atoms with Gasteiger partial charge in [-0.25, -0.2) is 13.1 Å². The quantitative estimate of drug-likeness (QED) is 0.634. The standard InChI is InChI=1S/C18H24N2O4S2/c1-20(2)13-14-12-17(26(22,23)19-10-11-21)8-9-18(14)24-15-4-6-16(25-3)7-5-15/h4-9,12,19,21H,10-11,13H2,1-3H3. The molecule has 0 aliphatic carbocycles. The van der Waals surface area contributed by atoms with Gasteiger partial charge in [0.25, 0.3) is 0 Å². The highest BCUT2D eigenvalue weighted by Gasteiger charge is 2.17. The van der Waals surface area contributed by atoms with Gasteiger partial charge in [0.15, 0.2) is 0 Å². The summed E-state index contributed by atoms with van der Waals surface area (Å²) in [5.41, 5.74) is 0.760. The van der Waals surface area contributed by atoms with Crippen molar-refractivity contribution in [2.45, 2.75) is 16.3 Å². The molecule has 0 atom stereocenters. The monoisotopic (exact) mass is 396 g/mol. The number of benzene rings is 2. The van der Waals surface area contributed by atoms with Crippen LogP contribution < -0.4 is 9.46 Å². The van der Waals surface area contributed by atoms with Crippen LogP contribution in [0.2, 0.25) is 0 Å². The molecule has 8 heteroatoms. The zero-order valence-electron chi connectivity index (χ0n) is 15.1. The third-order valence-corrected chi connectivity index (χ3v) is 5.72. The lowest BCUT2D eigenvalue weighted by Gasteiger charge is -2.16. The average molecular weight is 397 g/mol. The summed E-state index contributed by atoms with van der Waals surface area (Å²) >= 11 is 1.65. The minimum Gasteiger partial charge on any atom is -0.457 e. The van der Waals surface area contributed by atoms with Crippen LogP contribution in [-0.2, 0) is 16.6 Å². The van der Waals surface area contributed by atoms with E-state index in [0.717, 1.165) is 10.5 Å². The van der Waals surface area contributed by atoms with Gasteiger partial charge in [-0.2, -0.15) is 0 Å². The maximum Gasteiger partial charge on any atom is 0.240 e. The Morgan fingerprint density at radius 1 is 1.15 bits per heavy atom. The molecule has 0 radical (unpaired) electrons. The maximum atomic E-state index is 12.3. The van der Waals surface area contributed by atoms with Crippen molar-refractivity contribution < 1.29 is 18.3 Å². The molecule has 0 unspecified atom stereocenters. The van der Waals surface area contributed by atoms with E-state index in [0.29, 0.717) is 18.0 Å². The third kappa shape index (κ3) is 5.72. The van der Waals surface area contributed by atoms with Crippen molar-refractivity contribution in [1.82, 2.24) is 9.62 Å². The van der Waals surface area contributed by atoms with E-state index in [9.17, 15) is 8.42 Å². The van der Waals surface area contributed by atoms with Gasteiger partial charge in [-0.05, 0) is 62.8 Å². The summed E-state index contributed by atoms with van der Waals surface area (Å²) < 4.78 is 32.9. The van der Waals surface area contributed by atoms with Crippen LogP contribution in [0.3, 0.4) is 0 Å². The fourth-order valence-corrected chi connectivity index (χ4v) is 3.80. The highest BCUT2D eigenvalue weighted by molar-refractivity contribution is 7.98. The molecule has 2 N–H and O–H groups in total. The second-order valence-corrected chi connectivity index (χ2v) is 8.55. The average Bonchev–Trinajstić information content (AvgIpc) is 2.61. The lowest BCUT2D eigenvalue weighted by molar-refractivity contribution is 0.301. The van der Waals surface area contributed by atoms with Gasteiger partial charge < -0.3 is 14.7 Å². The number of ether oxygens (including phenoxy) is 1. The molecule has 2 aromatic carbocycles. The van der Waals surface area contributed by atoms with E-state index >= 15 is 0 Å². The third-order valence-electron chi connectivity index (χ3n) is 3.52. The second kappa shape index (κ2) is 9.38. The molecule has 2 aromatic rings. The molecule has 0 aromatic heterocycles. The van der Waals surface area contributed by atoms with Gasteiger partial charge in [0.1, 0.15) is 11.5 Å². The van der Waals surface area contributed by atoms with Crippen LogP contribution >= 0.6 is 11.8 Å². The van der Waals surface area contributed by atoms with Gasteiger partial charge in [-0.15, -0.1) is 11.8 Å². The first-order valence-electron chi connectivity index (χ1n) is 8.06. The van der Waals surface area contributed by atoms with E-state index in [2.05, 4.69) is 4.72 Å². The normalized spacial score (nSPS) is 11.7. The van der Waals surface area contributed by atoms with Crippen LogP contribution in [0.1, 0.15) is 5.56 Å². The van der Waals surface area contributed by atoms with Crippen molar-refractivity contribution in [2.24, 2.45) is 0 Å². The van der Waals surface area contributed by atoms with Crippen LogP contribution in [0.5, 0.6) is 11.5 Å². The lowest BCUT2D eigenvalue weighted by Crippen LogP contribution is -2.26. The van der Waals surface area contributed by atoms with Crippen molar-refractivity contribution in [3.8, 4) is 11.5 Å². The van der Waals surface area contributed by atoms with Crippen molar-refractivity contribution >= 4 is 21.8 Å². The zero-order chi connectivity index (χ0) is 19.2. The fraction of sp³-hybridized carbons (Fsp3) is 0.333. The largest absolute Gasteiger partial charge is 0.457 e. The molecule has 6 nitrogen and oxygen atoms in total. The Hall–Kier alpha value is -1.58. The van der Waals surface area contributed by atoms with Gasteiger partial charge >= 0.3 is 0 Å². The lowest BCUT2D eigenvalue weighted by atomic mass is 10.2. The first-order valence-corrected chi connectivity index (χ1v) is 10.8. The molecular formula is C18H24N2O4S2. The van der Waals surface area contributed by atoms with Gasteiger partial charge in [0.05, 0.1) is 11.5 Å². The Morgan fingerprint density at radius 2 is 1.85 bits per heavy atom. The van der Waals surface area contributed by atoms with E-state index in [-0.39, 0.29) is 18.0 Å². The van der Waals surface area contributed by atoms with E-state index < -0.39 is 10.0 Å². The number of aliphatic hydroxyl groups excluding tert-OH is 1. The number of aliphatic hydroxyl groups is 1. The van der Waals surface area contributed by atoms with Crippen LogP contribution in [-0.4, -0.2) is 51.9 Å². The van der Waals surface area contributed by atoms with Gasteiger partial charge in [0.2, 0.25) is 10.0 Å². The smallest absolute Gasteiger partial charge is 0.240 e. The van der Waals surface area contributed by atoms with Crippen molar-refractivity contribution in [2.75, 3.05) is 33.5 Å². The van der Waals surface area contributed by atoms with Gasteiger partial charge in [0, 0.05) is 23.5 Å². The number of nitrogens with zero attached hydrogens (tertiary/aromatic N) is 1. The first-order chi connectivity index (χ1) is 12.4. The molecule has 0 saturated carbocycles. The fourth-order valence-electron chi connectivity index (χ4n) is 2.32. The molecule has 0 saturated heterocycles. The summed E-state index contributed by atoms with van der Waals surface area (Å²) in [5, 5.41) is 8.84. The minimum atomic E-state index is -3.67. The molecule has 0 heterocycles. The number of hydrogen-bond donors (Lipinski definition) is 2. The Balaban J connectivity index is 2.32. The summed E-state index contributed by atoms with van der Waals surface area (Å²) in [7, 11) is 0.144. The predicted molar refractivity (Wildman–Crippen MR) is 104 cm³/mol. The SMILES string of the molecule is CSc1ccc(Oc2ccc(S(=O)(=O)NCCO)cc2CN(C)C)cc1. The molecular weight excluding hydrogens is 372 g/mol. The molecule has 0 aliphatic rings. The van der Waals surface area contributed by atoms with Crippen molar-refractivity contribution in [3.05, 3.63) is 48.0 Å². The van der Waals surface area contributed by atoms with E-state index in [4.69, 9.17) is 9.84 Å². The van der Waals surface area contributed by atoms with Gasteiger partial charge in [-0.1, -0.05) is 0 Å². The summed E-state index contributed by atoms with van der Waals surface area (Å²) in [6, 6.07) is 12.5. The molecule has 0 amide bonds. The van der Waals surface area contributed by atoms with E-state index in [1.165, 1.54) is 6.07 Å². The van der Waals surface area contributed by atoms with Gasteiger partial charge in [-0.3, -0.25) is 0 Å². The topological polar surface area (TPSA) is 78.9 Å². The number of nitrogens with one attached hydrogen (secondary N) is 1. The molecule has 0 fully saturated rings. The first kappa shape index (κ1) is 20.7. The Kier molecular flexibility index (Phi) is 7.48. The number of hydrogen-bond acceptors (Lipinski definition) is 6. The summed E-state index contributed by atoms with van der Waals surface area (Å²) in [6.07, 6.45) is 2.01. The Morgan fingerprint density at radius 3 is 2.42 bits per heavy atom. The zero-order valence-corrected chi connectivity index (χ0v) is 16.7. The summed E-state index contributed by atoms with van der Waals surface area (Å²) in [6.45, 7) is 0.254. The van der Waals surface area contributed by atoms with Crippen molar-refractivity contribution in [1.29, 1.82) is 0 Å². The second-order valence-electron chi connectivity index (χ2n) is 5.91. The summed E-state index contributed by atoms with van der Waals surface area (Å²) in [4.78, 5) is 3.23. The molecule has 142 valence electrons. The number of rotatable bonds is 9. The highest BCUT2D eigenvalue weighted by Crippen LogP contribution is 2.29. The molecule has 0 aliphatic heterocycles. The maximum absolute atomic E-state index is 12.3. The van der Waals surface area contributed by atoms with Crippen molar-refractivity contribution in [3.63, 3.8) is 0 Å². The van der Waals surface area contributed by atoms with E-state index in [1.807, 2.05) is 49.5 Å². The predicted octanol–water partition coefficient (Wildman–Crippen LogP) is 2.53. The number of thioether (sulfide) groups is 1. The molecule has 0 bridgehead atoms. The van der Waals surface area contributed by atoms with E-state index in [1.54, 1.807) is 23.9 Å². The van der Waals surface area contributed by atoms with Crippen LogP contribution in [0.4, 0.5) is 0 Å². The molecule has 2 rings (SSSR count). The minimum absolute atomic E-state index is 0.0224. The van der Waals surface area contributed by atoms with Crippen LogP contribution in [0.15, 0.2) is 52.3 Å². The molecule has 26 heavy (non-hydrogen) atoms. The van der Waals surface area contributed by atoms with Crippen LogP contribution in [0.25, 0.3) is 0 Å². The number of sulfonamides is 1. The Labute approximate surface area is 159 Å². The molecule has 0 spiro atoms.